The number of nitrogens with one attached hydrogen (secondary N) is 2. The van der Waals surface area contributed by atoms with Crippen molar-refractivity contribution < 1.29 is 9.32 Å². The minimum Gasteiger partial charge on any atom is -0.337 e. The molecular formula is C12H12Cl2N4O2. The molecule has 1 aromatic carbocycles. The number of benzene rings is 1. The number of aryl methyl sites for hydroxylation is 1. The van der Waals surface area contributed by atoms with Crippen LogP contribution in [0, 0.1) is 6.92 Å². The molecule has 0 fully saturated rings. The first-order chi connectivity index (χ1) is 9.45. The van der Waals surface area contributed by atoms with Gasteiger partial charge in [-0.1, -0.05) is 28.4 Å². The number of nitrogens with zero attached hydrogens (tertiary/aromatic N) is 2. The van der Waals surface area contributed by atoms with Crippen LogP contribution in [-0.2, 0) is 0 Å². The van der Waals surface area contributed by atoms with Crippen molar-refractivity contribution in [3.63, 3.8) is 0 Å². The first kappa shape index (κ1) is 14.6. The zero-order chi connectivity index (χ0) is 14.7. The number of amides is 2. The van der Waals surface area contributed by atoms with Gasteiger partial charge in [-0.2, -0.15) is 4.98 Å². The number of aromatic nitrogens is 2. The van der Waals surface area contributed by atoms with Gasteiger partial charge in [0.15, 0.2) is 5.82 Å². The smallest absolute Gasteiger partial charge is 0.319 e. The quantitative estimate of drug-likeness (QED) is 0.907. The number of rotatable bonds is 3. The first-order valence-corrected chi connectivity index (χ1v) is 6.54. The summed E-state index contributed by atoms with van der Waals surface area (Å²) in [5.41, 5.74) is 0.422. The zero-order valence-corrected chi connectivity index (χ0v) is 12.3. The van der Waals surface area contributed by atoms with E-state index in [4.69, 9.17) is 27.7 Å². The van der Waals surface area contributed by atoms with Gasteiger partial charge in [0, 0.05) is 5.02 Å². The average Bonchev–Trinajstić information content (AvgIpc) is 2.80. The van der Waals surface area contributed by atoms with Crippen LogP contribution < -0.4 is 10.6 Å². The summed E-state index contributed by atoms with van der Waals surface area (Å²) in [6, 6.07) is 3.93. The maximum atomic E-state index is 11.9. The van der Waals surface area contributed by atoms with Crippen molar-refractivity contribution in [2.75, 3.05) is 5.32 Å². The van der Waals surface area contributed by atoms with E-state index in [0.717, 1.165) is 0 Å². The normalized spacial score (nSPS) is 12.0. The van der Waals surface area contributed by atoms with E-state index in [1.54, 1.807) is 32.0 Å². The number of urea groups is 1. The lowest BCUT2D eigenvalue weighted by molar-refractivity contribution is 0.245. The second kappa shape index (κ2) is 6.11. The number of hydrogen-bond acceptors (Lipinski definition) is 4. The molecule has 2 aromatic rings. The summed E-state index contributed by atoms with van der Waals surface area (Å²) in [6.07, 6.45) is 0. The second-order valence-electron chi connectivity index (χ2n) is 4.12. The van der Waals surface area contributed by atoms with Crippen LogP contribution in [0.3, 0.4) is 0 Å². The molecule has 0 radical (unpaired) electrons. The second-order valence-corrected chi connectivity index (χ2v) is 4.97. The molecule has 1 heterocycles. The van der Waals surface area contributed by atoms with E-state index < -0.39 is 12.1 Å². The first-order valence-electron chi connectivity index (χ1n) is 5.78. The molecule has 0 saturated carbocycles. The number of halogens is 2. The number of anilines is 1. The van der Waals surface area contributed by atoms with E-state index in [1.807, 2.05) is 0 Å². The summed E-state index contributed by atoms with van der Waals surface area (Å²) in [6.45, 7) is 3.43. The van der Waals surface area contributed by atoms with Crippen LogP contribution in [0.1, 0.15) is 24.7 Å². The lowest BCUT2D eigenvalue weighted by atomic mass is 10.3. The fourth-order valence-corrected chi connectivity index (χ4v) is 1.84. The molecule has 1 atom stereocenters. The Hall–Kier alpha value is -1.79. The van der Waals surface area contributed by atoms with Gasteiger partial charge >= 0.3 is 6.03 Å². The van der Waals surface area contributed by atoms with Gasteiger partial charge < -0.3 is 15.2 Å². The molecule has 0 spiro atoms. The minimum atomic E-state index is -0.447. The van der Waals surface area contributed by atoms with Crippen molar-refractivity contribution in [3.05, 3.63) is 40.0 Å². The van der Waals surface area contributed by atoms with Crippen LogP contribution in [0.4, 0.5) is 10.5 Å². The Morgan fingerprint density at radius 3 is 2.80 bits per heavy atom. The van der Waals surface area contributed by atoms with E-state index in [1.165, 1.54) is 0 Å². The summed E-state index contributed by atoms with van der Waals surface area (Å²) < 4.78 is 4.97. The number of carbonyl (C=O) groups excluding carboxylic acids is 1. The Kier molecular flexibility index (Phi) is 4.46. The van der Waals surface area contributed by atoms with Crippen LogP contribution >= 0.6 is 23.2 Å². The lowest BCUT2D eigenvalue weighted by Crippen LogP contribution is -2.31. The van der Waals surface area contributed by atoms with Crippen molar-refractivity contribution >= 4 is 34.9 Å². The Morgan fingerprint density at radius 2 is 2.15 bits per heavy atom. The monoisotopic (exact) mass is 314 g/mol. The van der Waals surface area contributed by atoms with Gasteiger partial charge in [0.05, 0.1) is 10.7 Å². The molecule has 8 heteroatoms. The SMILES string of the molecule is Cc1noc([C@H](C)NC(=O)Nc2cc(Cl)ccc2Cl)n1. The van der Waals surface area contributed by atoms with E-state index in [2.05, 4.69) is 20.8 Å². The van der Waals surface area contributed by atoms with Gasteiger partial charge in [0.1, 0.15) is 6.04 Å². The van der Waals surface area contributed by atoms with E-state index in [0.29, 0.717) is 27.4 Å². The Balaban J connectivity index is 2.00. The molecule has 0 aliphatic rings. The largest absolute Gasteiger partial charge is 0.337 e. The van der Waals surface area contributed by atoms with Gasteiger partial charge in [-0.15, -0.1) is 0 Å². The Labute approximate surface area is 125 Å². The van der Waals surface area contributed by atoms with Gasteiger partial charge in [-0.05, 0) is 32.0 Å². The van der Waals surface area contributed by atoms with E-state index in [-0.39, 0.29) is 0 Å². The third-order valence-corrected chi connectivity index (χ3v) is 3.00. The van der Waals surface area contributed by atoms with Crippen LogP contribution in [0.5, 0.6) is 0 Å². The van der Waals surface area contributed by atoms with Crippen molar-refractivity contribution in [2.24, 2.45) is 0 Å². The standard InChI is InChI=1S/C12H12Cl2N4O2/c1-6(11-16-7(2)18-20-11)15-12(19)17-10-5-8(13)3-4-9(10)14/h3-6H,1-2H3,(H2,15,17,19)/t6-/m0/s1. The molecule has 0 aliphatic heterocycles. The van der Waals surface area contributed by atoms with Crippen molar-refractivity contribution in [3.8, 4) is 0 Å². The lowest BCUT2D eigenvalue weighted by Gasteiger charge is -2.12. The van der Waals surface area contributed by atoms with Gasteiger partial charge in [0.25, 0.3) is 0 Å². The van der Waals surface area contributed by atoms with E-state index in [9.17, 15) is 4.79 Å². The minimum absolute atomic E-state index is 0.329. The summed E-state index contributed by atoms with van der Waals surface area (Å²) in [7, 11) is 0. The van der Waals surface area contributed by atoms with Crippen LogP contribution in [0.25, 0.3) is 0 Å². The topological polar surface area (TPSA) is 80.0 Å². The molecule has 106 valence electrons. The zero-order valence-electron chi connectivity index (χ0n) is 10.8. The van der Waals surface area contributed by atoms with Gasteiger partial charge in [0.2, 0.25) is 5.89 Å². The molecule has 6 nitrogen and oxygen atoms in total. The fourth-order valence-electron chi connectivity index (χ4n) is 1.50. The third kappa shape index (κ3) is 3.61. The molecule has 0 saturated heterocycles. The predicted octanol–water partition coefficient (Wildman–Crippen LogP) is 3.57. The van der Waals surface area contributed by atoms with Gasteiger partial charge in [-0.3, -0.25) is 0 Å². The van der Waals surface area contributed by atoms with Crippen molar-refractivity contribution in [2.45, 2.75) is 19.9 Å². The molecule has 0 unspecified atom stereocenters. The van der Waals surface area contributed by atoms with Crippen molar-refractivity contribution in [1.82, 2.24) is 15.5 Å². The molecule has 0 aliphatic carbocycles. The molecule has 1 aromatic heterocycles. The highest BCUT2D eigenvalue weighted by atomic mass is 35.5. The molecule has 2 amide bonds. The molecular weight excluding hydrogens is 303 g/mol. The Bertz CT molecular complexity index is 630. The maximum absolute atomic E-state index is 11.9. The average molecular weight is 315 g/mol. The van der Waals surface area contributed by atoms with E-state index >= 15 is 0 Å². The summed E-state index contributed by atoms with van der Waals surface area (Å²) in [5, 5.41) is 9.79. The highest BCUT2D eigenvalue weighted by molar-refractivity contribution is 6.35. The van der Waals surface area contributed by atoms with Crippen LogP contribution in [0.15, 0.2) is 22.7 Å². The fraction of sp³-hybridized carbons (Fsp3) is 0.250. The van der Waals surface area contributed by atoms with Crippen LogP contribution in [0.2, 0.25) is 10.0 Å². The summed E-state index contributed by atoms with van der Waals surface area (Å²) in [4.78, 5) is 15.9. The predicted molar refractivity (Wildman–Crippen MR) is 76.1 cm³/mol. The number of hydrogen-bond donors (Lipinski definition) is 2. The van der Waals surface area contributed by atoms with Gasteiger partial charge in [-0.25, -0.2) is 4.79 Å². The summed E-state index contributed by atoms with van der Waals surface area (Å²) in [5.74, 6) is 0.835. The van der Waals surface area contributed by atoms with Crippen molar-refractivity contribution in [1.29, 1.82) is 0 Å². The molecule has 2 rings (SSSR count). The number of carbonyl (C=O) groups is 1. The maximum Gasteiger partial charge on any atom is 0.319 e. The molecule has 2 N–H and O–H groups in total. The highest BCUT2D eigenvalue weighted by Crippen LogP contribution is 2.25. The molecule has 0 bridgehead atoms. The summed E-state index contributed by atoms with van der Waals surface area (Å²) >= 11 is 11.8. The third-order valence-electron chi connectivity index (χ3n) is 2.44. The highest BCUT2D eigenvalue weighted by Gasteiger charge is 2.16. The Morgan fingerprint density at radius 1 is 1.40 bits per heavy atom. The van der Waals surface area contributed by atoms with Crippen LogP contribution in [-0.4, -0.2) is 16.2 Å². The molecule has 20 heavy (non-hydrogen) atoms.